The number of hydrogen-bond acceptors (Lipinski definition) is 5. The number of ether oxygens (including phenoxy) is 2. The fourth-order valence-electron chi connectivity index (χ4n) is 2.49. The molecule has 0 aliphatic rings. The van der Waals surface area contributed by atoms with Crippen LogP contribution in [0.3, 0.4) is 0 Å². The van der Waals surface area contributed by atoms with Gasteiger partial charge in [-0.3, -0.25) is 4.79 Å². The van der Waals surface area contributed by atoms with E-state index in [2.05, 4.69) is 9.72 Å². The topological polar surface area (TPSA) is 68.4 Å². The molecule has 1 N–H and O–H groups in total. The number of nitrogens with one attached hydrogen (secondary N) is 1. The minimum Gasteiger partial charge on any atom is -0.497 e. The first-order valence-corrected chi connectivity index (χ1v) is 7.83. The molecule has 2 heterocycles. The van der Waals surface area contributed by atoms with Crippen molar-refractivity contribution in [2.45, 2.75) is 5.92 Å². The Morgan fingerprint density at radius 3 is 2.83 bits per heavy atom. The van der Waals surface area contributed by atoms with E-state index in [0.29, 0.717) is 11.2 Å². The van der Waals surface area contributed by atoms with Crippen LogP contribution in [0.2, 0.25) is 0 Å². The highest BCUT2D eigenvalue weighted by atomic mass is 32.1. The van der Waals surface area contributed by atoms with Crippen LogP contribution in [0.1, 0.15) is 10.8 Å². The fraction of sp³-hybridized carbons (Fsp3) is 0.176. The number of fused-ring (bicyclic) bond motifs is 1. The number of hydrogen-bond donors (Lipinski definition) is 1. The van der Waals surface area contributed by atoms with Crippen molar-refractivity contribution >= 4 is 34.5 Å². The second-order valence-corrected chi connectivity index (χ2v) is 5.93. The molecule has 0 saturated heterocycles. The van der Waals surface area contributed by atoms with Crippen LogP contribution in [0.15, 0.2) is 35.8 Å². The van der Waals surface area contributed by atoms with Crippen LogP contribution in [-0.4, -0.2) is 31.5 Å². The second-order valence-electron chi connectivity index (χ2n) is 4.99. The highest BCUT2D eigenvalue weighted by Crippen LogP contribution is 2.35. The van der Waals surface area contributed by atoms with E-state index in [9.17, 15) is 9.59 Å². The molecule has 0 aliphatic heterocycles. The lowest BCUT2D eigenvalue weighted by molar-refractivity contribution is -0.143. The lowest BCUT2D eigenvalue weighted by Gasteiger charge is -2.04. The summed E-state index contributed by atoms with van der Waals surface area (Å²) >= 11 is 1.37. The molecule has 0 spiro atoms. The molecule has 0 bridgehead atoms. The average Bonchev–Trinajstić information content (AvgIpc) is 3.21. The normalized spacial score (nSPS) is 12.1. The third-order valence-electron chi connectivity index (χ3n) is 3.72. The number of thiophene rings is 1. The van der Waals surface area contributed by atoms with Crippen molar-refractivity contribution in [1.29, 1.82) is 0 Å². The summed E-state index contributed by atoms with van der Waals surface area (Å²) in [6, 6.07) is 7.65. The summed E-state index contributed by atoms with van der Waals surface area (Å²) in [7, 11) is 2.90. The van der Waals surface area contributed by atoms with Crippen LogP contribution < -0.4 is 4.74 Å². The number of rotatable bonds is 5. The monoisotopic (exact) mass is 329 g/mol. The molecule has 1 unspecified atom stereocenters. The van der Waals surface area contributed by atoms with Gasteiger partial charge in [0.15, 0.2) is 0 Å². The van der Waals surface area contributed by atoms with Crippen LogP contribution in [0.5, 0.6) is 5.75 Å². The maximum absolute atomic E-state index is 11.7. The largest absolute Gasteiger partial charge is 0.497 e. The maximum Gasteiger partial charge on any atom is 0.321 e. The molecule has 118 valence electrons. The first kappa shape index (κ1) is 15.3. The van der Waals surface area contributed by atoms with Crippen molar-refractivity contribution in [2.24, 2.45) is 0 Å². The lowest BCUT2D eigenvalue weighted by atomic mass is 10.0. The number of aldehydes is 1. The summed E-state index contributed by atoms with van der Waals surface area (Å²) in [6.07, 6.45) is 2.52. The van der Waals surface area contributed by atoms with Gasteiger partial charge in [-0.15, -0.1) is 11.3 Å². The Hall–Kier alpha value is -2.60. The van der Waals surface area contributed by atoms with E-state index in [0.717, 1.165) is 27.8 Å². The molecule has 5 nitrogen and oxygen atoms in total. The molecule has 3 rings (SSSR count). The molecule has 23 heavy (non-hydrogen) atoms. The van der Waals surface area contributed by atoms with Gasteiger partial charge < -0.3 is 19.3 Å². The van der Waals surface area contributed by atoms with Gasteiger partial charge in [0.1, 0.15) is 18.0 Å². The van der Waals surface area contributed by atoms with Crippen LogP contribution in [0, 0.1) is 0 Å². The van der Waals surface area contributed by atoms with Gasteiger partial charge in [-0.2, -0.15) is 0 Å². The van der Waals surface area contributed by atoms with E-state index in [-0.39, 0.29) is 0 Å². The minimum absolute atomic E-state index is 0.547. The van der Waals surface area contributed by atoms with Gasteiger partial charge in [-0.1, -0.05) is 0 Å². The molecule has 0 saturated carbocycles. The van der Waals surface area contributed by atoms with Crippen LogP contribution >= 0.6 is 11.3 Å². The van der Waals surface area contributed by atoms with Crippen molar-refractivity contribution in [1.82, 2.24) is 4.98 Å². The summed E-state index contributed by atoms with van der Waals surface area (Å²) in [5, 5.41) is 2.95. The van der Waals surface area contributed by atoms with Crippen LogP contribution in [0.4, 0.5) is 0 Å². The Balaban J connectivity index is 2.03. The van der Waals surface area contributed by atoms with Gasteiger partial charge in [0.25, 0.3) is 0 Å². The smallest absolute Gasteiger partial charge is 0.321 e. The zero-order valence-corrected chi connectivity index (χ0v) is 13.5. The van der Waals surface area contributed by atoms with E-state index in [1.165, 1.54) is 18.4 Å². The van der Waals surface area contributed by atoms with E-state index < -0.39 is 11.9 Å². The molecule has 3 aromatic rings. The van der Waals surface area contributed by atoms with Gasteiger partial charge in [0.05, 0.1) is 14.2 Å². The number of methoxy groups -OCH3 is 2. The van der Waals surface area contributed by atoms with Crippen LogP contribution in [-0.2, 0) is 14.3 Å². The zero-order chi connectivity index (χ0) is 16.4. The van der Waals surface area contributed by atoms with Crippen molar-refractivity contribution in [2.75, 3.05) is 14.2 Å². The highest BCUT2D eigenvalue weighted by molar-refractivity contribution is 7.10. The van der Waals surface area contributed by atoms with E-state index in [1.807, 2.05) is 35.8 Å². The predicted octanol–water partition coefficient (Wildman–Crippen LogP) is 3.36. The Labute approximate surface area is 136 Å². The van der Waals surface area contributed by atoms with Crippen molar-refractivity contribution in [3.8, 4) is 16.9 Å². The van der Waals surface area contributed by atoms with Gasteiger partial charge in [0.2, 0.25) is 0 Å². The molecule has 0 amide bonds. The molecule has 6 heteroatoms. The number of aromatic nitrogens is 1. The fourth-order valence-corrected chi connectivity index (χ4v) is 3.44. The summed E-state index contributed by atoms with van der Waals surface area (Å²) in [6.45, 7) is 0. The van der Waals surface area contributed by atoms with Gasteiger partial charge in [-0.05, 0) is 35.2 Å². The first-order chi connectivity index (χ1) is 11.2. The summed E-state index contributed by atoms with van der Waals surface area (Å²) < 4.78 is 9.94. The molecular weight excluding hydrogens is 314 g/mol. The molecule has 2 aromatic heterocycles. The van der Waals surface area contributed by atoms with E-state index >= 15 is 0 Å². The van der Waals surface area contributed by atoms with Crippen LogP contribution in [0.25, 0.3) is 22.0 Å². The summed E-state index contributed by atoms with van der Waals surface area (Å²) in [5.74, 6) is -0.651. The quantitative estimate of drug-likeness (QED) is 0.443. The summed E-state index contributed by atoms with van der Waals surface area (Å²) in [5.41, 5.74) is 2.93. The molecule has 1 atom stereocenters. The Morgan fingerprint density at radius 1 is 1.30 bits per heavy atom. The number of carbonyl (C=O) groups is 2. The Bertz CT molecular complexity index is 864. The zero-order valence-electron chi connectivity index (χ0n) is 12.7. The number of aromatic amines is 1. The van der Waals surface area contributed by atoms with Gasteiger partial charge in [0, 0.05) is 27.5 Å². The Kier molecular flexibility index (Phi) is 4.16. The first-order valence-electron chi connectivity index (χ1n) is 6.95. The molecule has 1 aromatic carbocycles. The van der Waals surface area contributed by atoms with E-state index in [1.54, 1.807) is 7.11 Å². The number of H-pyrrole nitrogens is 1. The predicted molar refractivity (Wildman–Crippen MR) is 89.0 cm³/mol. The van der Waals surface area contributed by atoms with Crippen molar-refractivity contribution in [3.63, 3.8) is 0 Å². The van der Waals surface area contributed by atoms with Gasteiger partial charge in [-0.25, -0.2) is 0 Å². The van der Waals surface area contributed by atoms with Crippen molar-refractivity contribution < 1.29 is 19.1 Å². The molecule has 0 aliphatic carbocycles. The third-order valence-corrected chi connectivity index (χ3v) is 4.73. The number of benzene rings is 1. The summed E-state index contributed by atoms with van der Waals surface area (Å²) in [4.78, 5) is 26.7. The third kappa shape index (κ3) is 2.73. The maximum atomic E-state index is 11.7. The van der Waals surface area contributed by atoms with Crippen molar-refractivity contribution in [3.05, 3.63) is 40.7 Å². The second kappa shape index (κ2) is 6.26. The minimum atomic E-state index is -0.876. The van der Waals surface area contributed by atoms with Gasteiger partial charge >= 0.3 is 5.97 Å². The Morgan fingerprint density at radius 2 is 2.13 bits per heavy atom. The molecule has 0 radical (unpaired) electrons. The number of esters is 1. The SMILES string of the molecule is COC(=O)C(C=O)c1cc(-c2c[nH]c3ccc(OC)cc23)cs1. The lowest BCUT2D eigenvalue weighted by Crippen LogP contribution is -2.14. The molecule has 0 fully saturated rings. The standard InChI is InChI=1S/C17H15NO4S/c1-21-11-3-4-15-12(6-11)13(7-18-15)10-5-16(23-9-10)14(8-19)17(20)22-2/h3-9,14,18H,1-2H3. The van der Waals surface area contributed by atoms with E-state index in [4.69, 9.17) is 4.74 Å². The highest BCUT2D eigenvalue weighted by Gasteiger charge is 2.23. The molecular formula is C17H15NO4S. The average molecular weight is 329 g/mol. The number of carbonyl (C=O) groups excluding carboxylic acids is 2.